The Morgan fingerprint density at radius 2 is 1.92 bits per heavy atom. The van der Waals surface area contributed by atoms with E-state index in [2.05, 4.69) is 26.7 Å². The van der Waals surface area contributed by atoms with Gasteiger partial charge in [-0.1, -0.05) is 23.7 Å². The van der Waals surface area contributed by atoms with E-state index in [1.165, 1.54) is 7.11 Å². The van der Waals surface area contributed by atoms with Crippen LogP contribution in [0.3, 0.4) is 0 Å². The number of hydrogen-bond donors (Lipinski definition) is 2. The van der Waals surface area contributed by atoms with Gasteiger partial charge in [0.15, 0.2) is 5.11 Å². The van der Waals surface area contributed by atoms with Crippen molar-refractivity contribution < 1.29 is 9.53 Å². The maximum atomic E-state index is 12.0. The lowest BCUT2D eigenvalue weighted by Crippen LogP contribution is -2.30. The number of nitrogens with one attached hydrogen (secondary N) is 2. The molecule has 4 heterocycles. The number of benzene rings is 1. The first-order chi connectivity index (χ1) is 17.6. The molecule has 1 aliphatic heterocycles. The van der Waals surface area contributed by atoms with Gasteiger partial charge in [0.05, 0.1) is 22.4 Å². The molecule has 2 N–H and O–H groups in total. The van der Waals surface area contributed by atoms with Crippen LogP contribution in [0.1, 0.15) is 23.5 Å². The minimum Gasteiger partial charge on any atom is -0.375 e. The van der Waals surface area contributed by atoms with Crippen LogP contribution in [0.2, 0.25) is 5.02 Å². The number of aromatic nitrogens is 3. The molecule has 3 aromatic heterocycles. The maximum Gasteiger partial charge on any atom is 0.250 e. The monoisotopic (exact) mass is 518 g/mol. The van der Waals surface area contributed by atoms with Gasteiger partial charge in [-0.15, -0.1) is 0 Å². The standard InChI is InChI=1S/C26H23ClN6O2S/c1-35-16-23(34)30-19-11-10-17(15-18(19)27)33-25(24(31-26(33)36)20-7-2-4-12-28-20)21-8-6-14-32(21)22-9-3-5-13-29-22/h2-15,24-25H,16H2,1H3,(H,30,34)(H,31,36)/t24-,25-/m1/s1. The van der Waals surface area contributed by atoms with Gasteiger partial charge < -0.3 is 24.8 Å². The summed E-state index contributed by atoms with van der Waals surface area (Å²) in [4.78, 5) is 23.2. The lowest BCUT2D eigenvalue weighted by molar-refractivity contribution is -0.119. The molecule has 1 amide bonds. The number of thiocarbonyl (C=S) groups is 1. The lowest BCUT2D eigenvalue weighted by Gasteiger charge is -2.29. The molecule has 1 fully saturated rings. The van der Waals surface area contributed by atoms with E-state index in [1.54, 1.807) is 24.5 Å². The van der Waals surface area contributed by atoms with Gasteiger partial charge in [-0.2, -0.15) is 0 Å². The number of carbonyl (C=O) groups is 1. The van der Waals surface area contributed by atoms with Gasteiger partial charge in [-0.3, -0.25) is 9.78 Å². The molecule has 1 aliphatic rings. The van der Waals surface area contributed by atoms with Crippen LogP contribution in [0.15, 0.2) is 85.3 Å². The number of halogens is 1. The molecule has 0 saturated carbocycles. The van der Waals surface area contributed by atoms with E-state index in [4.69, 9.17) is 28.6 Å². The van der Waals surface area contributed by atoms with Gasteiger partial charge in [0.2, 0.25) is 5.91 Å². The summed E-state index contributed by atoms with van der Waals surface area (Å²) >= 11 is 12.4. The average molecular weight is 519 g/mol. The molecule has 1 aromatic carbocycles. The van der Waals surface area contributed by atoms with Crippen molar-refractivity contribution in [2.45, 2.75) is 12.1 Å². The summed E-state index contributed by atoms with van der Waals surface area (Å²) in [6.45, 7) is -0.0590. The fourth-order valence-electron chi connectivity index (χ4n) is 4.35. The SMILES string of the molecule is COCC(=O)Nc1ccc(N2C(=S)N[C@H](c3ccccn3)[C@H]2c2cccn2-c2ccccn2)cc1Cl. The molecule has 0 aliphatic carbocycles. The van der Waals surface area contributed by atoms with Crippen molar-refractivity contribution in [3.8, 4) is 5.82 Å². The number of carbonyl (C=O) groups excluding carboxylic acids is 1. The zero-order chi connectivity index (χ0) is 25.1. The molecular weight excluding hydrogens is 496 g/mol. The van der Waals surface area contributed by atoms with Gasteiger partial charge in [0, 0.05) is 37.1 Å². The van der Waals surface area contributed by atoms with Crippen LogP contribution < -0.4 is 15.5 Å². The van der Waals surface area contributed by atoms with Crippen LogP contribution in [0, 0.1) is 0 Å². The first-order valence-electron chi connectivity index (χ1n) is 11.2. The summed E-state index contributed by atoms with van der Waals surface area (Å²) in [5, 5.41) is 7.14. The van der Waals surface area contributed by atoms with E-state index in [0.29, 0.717) is 15.8 Å². The zero-order valence-corrected chi connectivity index (χ0v) is 20.9. The van der Waals surface area contributed by atoms with Crippen LogP contribution in [-0.2, 0) is 9.53 Å². The number of rotatable bonds is 7. The van der Waals surface area contributed by atoms with Crippen LogP contribution in [0.4, 0.5) is 11.4 Å². The van der Waals surface area contributed by atoms with E-state index in [-0.39, 0.29) is 24.6 Å². The van der Waals surface area contributed by atoms with Crippen LogP contribution in [0.5, 0.6) is 0 Å². The van der Waals surface area contributed by atoms with E-state index >= 15 is 0 Å². The number of methoxy groups -OCH3 is 1. The molecule has 10 heteroatoms. The van der Waals surface area contributed by atoms with E-state index < -0.39 is 0 Å². The van der Waals surface area contributed by atoms with E-state index in [9.17, 15) is 4.79 Å². The van der Waals surface area contributed by atoms with Crippen LogP contribution in [-0.4, -0.2) is 39.3 Å². The lowest BCUT2D eigenvalue weighted by atomic mass is 10.0. The summed E-state index contributed by atoms with van der Waals surface area (Å²) in [5.74, 6) is 0.510. The summed E-state index contributed by atoms with van der Waals surface area (Å²) in [6, 6.07) is 20.6. The molecule has 5 rings (SSSR count). The minimum atomic E-state index is -0.285. The molecule has 0 unspecified atom stereocenters. The number of ether oxygens (including phenoxy) is 1. The smallest absolute Gasteiger partial charge is 0.250 e. The van der Waals surface area contributed by atoms with Crippen molar-refractivity contribution in [2.24, 2.45) is 0 Å². The number of hydrogen-bond acceptors (Lipinski definition) is 5. The van der Waals surface area contributed by atoms with Crippen molar-refractivity contribution >= 4 is 46.2 Å². The molecule has 0 bridgehead atoms. The molecule has 0 spiro atoms. The topological polar surface area (TPSA) is 84.3 Å². The molecule has 36 heavy (non-hydrogen) atoms. The Morgan fingerprint density at radius 3 is 2.61 bits per heavy atom. The average Bonchev–Trinajstić information content (AvgIpc) is 3.51. The number of anilines is 2. The van der Waals surface area contributed by atoms with Gasteiger partial charge in [0.25, 0.3) is 0 Å². The summed E-state index contributed by atoms with van der Waals surface area (Å²) in [5.41, 5.74) is 3.11. The summed E-state index contributed by atoms with van der Waals surface area (Å²) in [6.07, 6.45) is 5.51. The van der Waals surface area contributed by atoms with Crippen molar-refractivity contribution in [1.29, 1.82) is 0 Å². The second kappa shape index (κ2) is 10.4. The quantitative estimate of drug-likeness (QED) is 0.343. The highest BCUT2D eigenvalue weighted by Gasteiger charge is 2.42. The zero-order valence-electron chi connectivity index (χ0n) is 19.3. The van der Waals surface area contributed by atoms with Gasteiger partial charge in [-0.25, -0.2) is 4.98 Å². The van der Waals surface area contributed by atoms with Gasteiger partial charge in [-0.05, 0) is 66.8 Å². The maximum absolute atomic E-state index is 12.0. The third kappa shape index (κ3) is 4.68. The predicted molar refractivity (Wildman–Crippen MR) is 143 cm³/mol. The Labute approximate surface area is 218 Å². The molecule has 182 valence electrons. The van der Waals surface area contributed by atoms with Crippen molar-refractivity contribution in [3.63, 3.8) is 0 Å². The number of pyridine rings is 2. The molecule has 1 saturated heterocycles. The highest BCUT2D eigenvalue weighted by molar-refractivity contribution is 7.80. The molecular formula is C26H23ClN6O2S. The molecule has 4 aromatic rings. The van der Waals surface area contributed by atoms with E-state index in [0.717, 1.165) is 22.9 Å². The number of nitrogens with zero attached hydrogens (tertiary/aromatic N) is 4. The summed E-state index contributed by atoms with van der Waals surface area (Å²) < 4.78 is 6.94. The Morgan fingerprint density at radius 1 is 1.11 bits per heavy atom. The molecule has 2 atom stereocenters. The van der Waals surface area contributed by atoms with Crippen LogP contribution >= 0.6 is 23.8 Å². The highest BCUT2D eigenvalue weighted by Crippen LogP contribution is 2.43. The third-order valence-electron chi connectivity index (χ3n) is 5.86. The second-order valence-corrected chi connectivity index (χ2v) is 8.93. The van der Waals surface area contributed by atoms with Gasteiger partial charge in [0.1, 0.15) is 18.5 Å². The van der Waals surface area contributed by atoms with Crippen molar-refractivity contribution in [2.75, 3.05) is 23.9 Å². The largest absolute Gasteiger partial charge is 0.375 e. The molecule has 0 radical (unpaired) electrons. The number of amides is 1. The fraction of sp³-hybridized carbons (Fsp3) is 0.154. The Bertz CT molecular complexity index is 1380. The van der Waals surface area contributed by atoms with Gasteiger partial charge >= 0.3 is 0 Å². The normalized spacial score (nSPS) is 17.2. The first-order valence-corrected chi connectivity index (χ1v) is 12.0. The fourth-order valence-corrected chi connectivity index (χ4v) is 4.91. The van der Waals surface area contributed by atoms with Crippen molar-refractivity contribution in [3.05, 3.63) is 102 Å². The van der Waals surface area contributed by atoms with E-state index in [1.807, 2.05) is 64.2 Å². The van der Waals surface area contributed by atoms with Crippen LogP contribution in [0.25, 0.3) is 5.82 Å². The molecule has 8 nitrogen and oxygen atoms in total. The third-order valence-corrected chi connectivity index (χ3v) is 6.49. The van der Waals surface area contributed by atoms with Crippen molar-refractivity contribution in [1.82, 2.24) is 19.9 Å². The highest BCUT2D eigenvalue weighted by atomic mass is 35.5. The Hall–Kier alpha value is -3.79. The predicted octanol–water partition coefficient (Wildman–Crippen LogP) is 4.68. The first kappa shape index (κ1) is 23.9. The Balaban J connectivity index is 1.58. The Kier molecular flexibility index (Phi) is 6.95. The summed E-state index contributed by atoms with van der Waals surface area (Å²) in [7, 11) is 1.46. The second-order valence-electron chi connectivity index (χ2n) is 8.13. The minimum absolute atomic E-state index is 0.0590.